The Kier molecular flexibility index (Phi) is 6.79. The highest BCUT2D eigenvalue weighted by Crippen LogP contribution is 2.72. The number of alkyl halides is 1. The lowest BCUT2D eigenvalue weighted by Gasteiger charge is -2.62. The predicted octanol–water partition coefficient (Wildman–Crippen LogP) is 4.70. The summed E-state index contributed by atoms with van der Waals surface area (Å²) in [6, 6.07) is 11.9. The van der Waals surface area contributed by atoms with Gasteiger partial charge in [0.15, 0.2) is 29.1 Å². The van der Waals surface area contributed by atoms with E-state index in [0.717, 1.165) is 5.56 Å². The number of aryl methyl sites for hydroxylation is 1. The molecule has 5 aliphatic rings. The standard InChI is InChI=1S/C35H39FN2O6/c1-20-4-6-21(7-5-20)17-37-30-11-8-22(18-38-30)31-43-29-15-26-25-10-9-23-14-24(40)12-13-32(23,2)34(25,36)27(41)16-33(26,3)35(29,44-31)28(42)19-39/h4-8,11-14,18,25-27,29,31,39,41H,9-10,15-17,19H2,1-3H3,(H,37,38)/t25-,26-,27-,29+,31+,32-,33-,34-,35+/m0/s1. The number of benzene rings is 1. The van der Waals surface area contributed by atoms with Crippen LogP contribution in [0.25, 0.3) is 0 Å². The average molecular weight is 603 g/mol. The quantitative estimate of drug-likeness (QED) is 0.436. The molecule has 2 heterocycles. The van der Waals surface area contributed by atoms with Crippen LogP contribution in [0, 0.1) is 29.6 Å². The van der Waals surface area contributed by atoms with Gasteiger partial charge in [-0.15, -0.1) is 0 Å². The van der Waals surface area contributed by atoms with Gasteiger partial charge in [0, 0.05) is 35.1 Å². The first kappa shape index (κ1) is 29.5. The van der Waals surface area contributed by atoms with Crippen LogP contribution in [0.3, 0.4) is 0 Å². The van der Waals surface area contributed by atoms with E-state index in [9.17, 15) is 19.8 Å². The second-order valence-electron chi connectivity index (χ2n) is 13.7. The number of anilines is 1. The number of carbonyl (C=O) groups is 2. The van der Waals surface area contributed by atoms with E-state index in [2.05, 4.69) is 34.6 Å². The van der Waals surface area contributed by atoms with Crippen molar-refractivity contribution in [1.29, 1.82) is 0 Å². The Bertz CT molecular complexity index is 1560. The molecule has 0 unspecified atom stereocenters. The number of pyridine rings is 1. The number of carbonyl (C=O) groups excluding carboxylic acids is 2. The van der Waals surface area contributed by atoms with Gasteiger partial charge in [-0.3, -0.25) is 9.59 Å². The summed E-state index contributed by atoms with van der Waals surface area (Å²) in [5.41, 5.74) is -2.09. The topological polar surface area (TPSA) is 118 Å². The molecule has 7 rings (SSSR count). The van der Waals surface area contributed by atoms with Gasteiger partial charge in [0.1, 0.15) is 12.4 Å². The zero-order valence-corrected chi connectivity index (χ0v) is 25.3. The Morgan fingerprint density at radius 3 is 2.64 bits per heavy atom. The molecule has 0 bridgehead atoms. The molecule has 44 heavy (non-hydrogen) atoms. The SMILES string of the molecule is Cc1ccc(CNc2ccc([C@@H]3O[C@@H]4C[C@H]5[C@@H]6CCC7=CC(=O)C=C[C@]7(C)[C@@]6(F)[C@@H](O)C[C@]5(C)[C@]4(C(=O)CO)O3)cn2)cc1. The van der Waals surface area contributed by atoms with E-state index in [1.165, 1.54) is 17.7 Å². The number of ketones is 2. The lowest BCUT2D eigenvalue weighted by atomic mass is 9.44. The van der Waals surface area contributed by atoms with Crippen LogP contribution in [0.5, 0.6) is 0 Å². The van der Waals surface area contributed by atoms with Crippen molar-refractivity contribution in [3.63, 3.8) is 0 Å². The first-order valence-electron chi connectivity index (χ1n) is 15.5. The fourth-order valence-corrected chi connectivity index (χ4v) is 9.27. The number of rotatable bonds is 6. The molecule has 1 aromatic heterocycles. The lowest BCUT2D eigenvalue weighted by Crippen LogP contribution is -2.69. The monoisotopic (exact) mass is 602 g/mol. The number of ether oxygens (including phenoxy) is 2. The van der Waals surface area contributed by atoms with Gasteiger partial charge in [0.25, 0.3) is 0 Å². The van der Waals surface area contributed by atoms with Gasteiger partial charge in [0.05, 0.1) is 12.2 Å². The minimum absolute atomic E-state index is 0.0479. The molecule has 0 spiro atoms. The van der Waals surface area contributed by atoms with Crippen molar-refractivity contribution < 1.29 is 33.7 Å². The molecule has 4 fully saturated rings. The van der Waals surface area contributed by atoms with Crippen molar-refractivity contribution in [2.75, 3.05) is 11.9 Å². The Morgan fingerprint density at radius 1 is 1.16 bits per heavy atom. The summed E-state index contributed by atoms with van der Waals surface area (Å²) in [5, 5.41) is 25.2. The normalized spacial score (nSPS) is 40.5. The zero-order chi connectivity index (χ0) is 31.1. The summed E-state index contributed by atoms with van der Waals surface area (Å²) < 4.78 is 30.6. The second-order valence-corrected chi connectivity index (χ2v) is 13.7. The van der Waals surface area contributed by atoms with Crippen LogP contribution >= 0.6 is 0 Å². The molecule has 1 saturated heterocycles. The highest BCUT2D eigenvalue weighted by Gasteiger charge is 2.79. The van der Waals surface area contributed by atoms with E-state index in [0.29, 0.717) is 42.8 Å². The van der Waals surface area contributed by atoms with Crippen molar-refractivity contribution in [3.8, 4) is 0 Å². The van der Waals surface area contributed by atoms with Gasteiger partial charge in [0.2, 0.25) is 0 Å². The fourth-order valence-electron chi connectivity index (χ4n) is 9.27. The Hall–Kier alpha value is -3.24. The van der Waals surface area contributed by atoms with Crippen molar-refractivity contribution in [3.05, 3.63) is 83.1 Å². The summed E-state index contributed by atoms with van der Waals surface area (Å²) >= 11 is 0. The highest BCUT2D eigenvalue weighted by molar-refractivity contribution is 6.01. The molecular weight excluding hydrogens is 563 g/mol. The van der Waals surface area contributed by atoms with Gasteiger partial charge in [-0.05, 0) is 75.3 Å². The van der Waals surface area contributed by atoms with Crippen LogP contribution in [0.15, 0.2) is 66.4 Å². The number of hydrogen-bond donors (Lipinski definition) is 3. The average Bonchev–Trinajstić information content (AvgIpc) is 3.51. The maximum Gasteiger partial charge on any atom is 0.193 e. The summed E-state index contributed by atoms with van der Waals surface area (Å²) in [5.74, 6) is -0.976. The molecule has 0 radical (unpaired) electrons. The van der Waals surface area contributed by atoms with E-state index in [-0.39, 0.29) is 18.1 Å². The number of hydrogen-bond acceptors (Lipinski definition) is 8. The molecule has 8 nitrogen and oxygen atoms in total. The van der Waals surface area contributed by atoms with Crippen LogP contribution in [0.1, 0.15) is 62.5 Å². The van der Waals surface area contributed by atoms with Gasteiger partial charge >= 0.3 is 0 Å². The van der Waals surface area contributed by atoms with Crippen molar-refractivity contribution >= 4 is 17.4 Å². The third kappa shape index (κ3) is 3.92. The van der Waals surface area contributed by atoms with Crippen molar-refractivity contribution in [1.82, 2.24) is 4.98 Å². The van der Waals surface area contributed by atoms with Gasteiger partial charge < -0.3 is 25.0 Å². The molecule has 0 amide bonds. The zero-order valence-electron chi connectivity index (χ0n) is 25.3. The van der Waals surface area contributed by atoms with E-state index in [1.807, 2.05) is 26.0 Å². The molecule has 2 aromatic rings. The molecule has 232 valence electrons. The molecule has 1 aliphatic heterocycles. The number of Topliss-reactive ketones (excluding diaryl/α,β-unsaturated/α-hetero) is 1. The van der Waals surface area contributed by atoms with Crippen LogP contribution in [-0.4, -0.2) is 56.8 Å². The molecule has 3 N–H and O–H groups in total. The number of fused-ring (bicyclic) bond motifs is 7. The Labute approximate surface area is 256 Å². The number of nitrogens with zero attached hydrogens (tertiary/aromatic N) is 1. The smallest absolute Gasteiger partial charge is 0.193 e. The first-order valence-corrected chi connectivity index (χ1v) is 15.5. The minimum Gasteiger partial charge on any atom is -0.390 e. The van der Waals surface area contributed by atoms with E-state index in [1.54, 1.807) is 19.2 Å². The van der Waals surface area contributed by atoms with Crippen molar-refractivity contribution in [2.45, 2.75) is 82.8 Å². The van der Waals surface area contributed by atoms with Gasteiger partial charge in [-0.2, -0.15) is 0 Å². The summed E-state index contributed by atoms with van der Waals surface area (Å²) in [7, 11) is 0. The van der Waals surface area contributed by atoms with Crippen LogP contribution in [0.4, 0.5) is 10.2 Å². The highest BCUT2D eigenvalue weighted by atomic mass is 19.1. The minimum atomic E-state index is -2.04. The third-order valence-electron chi connectivity index (χ3n) is 11.6. The van der Waals surface area contributed by atoms with Crippen LogP contribution < -0.4 is 5.32 Å². The summed E-state index contributed by atoms with van der Waals surface area (Å²) in [6.07, 6.45) is 4.34. The molecule has 9 heteroatoms. The number of nitrogens with one attached hydrogen (secondary N) is 1. The summed E-state index contributed by atoms with van der Waals surface area (Å²) in [6.45, 7) is 5.54. The van der Waals surface area contributed by atoms with Crippen LogP contribution in [0.2, 0.25) is 0 Å². The maximum absolute atomic E-state index is 17.5. The van der Waals surface area contributed by atoms with Gasteiger partial charge in [-0.25, -0.2) is 9.37 Å². The first-order chi connectivity index (χ1) is 21.0. The van der Waals surface area contributed by atoms with Crippen molar-refractivity contribution in [2.24, 2.45) is 22.7 Å². The number of aliphatic hydroxyl groups is 2. The predicted molar refractivity (Wildman–Crippen MR) is 160 cm³/mol. The molecule has 1 aromatic carbocycles. The van der Waals surface area contributed by atoms with E-state index >= 15 is 4.39 Å². The van der Waals surface area contributed by atoms with Crippen LogP contribution in [-0.2, 0) is 25.6 Å². The van der Waals surface area contributed by atoms with E-state index in [4.69, 9.17) is 9.47 Å². The third-order valence-corrected chi connectivity index (χ3v) is 11.6. The largest absolute Gasteiger partial charge is 0.390 e. The molecule has 3 saturated carbocycles. The molecule has 4 aliphatic carbocycles. The van der Waals surface area contributed by atoms with E-state index < -0.39 is 58.9 Å². The molecular formula is C35H39FN2O6. The second kappa shape index (κ2) is 10.1. The number of aliphatic hydroxyl groups excluding tert-OH is 2. The lowest BCUT2D eigenvalue weighted by molar-refractivity contribution is -0.231. The Morgan fingerprint density at radius 2 is 1.93 bits per heavy atom. The number of allylic oxidation sites excluding steroid dienone is 4. The maximum atomic E-state index is 17.5. The molecule has 9 atom stereocenters. The number of halogens is 1. The Balaban J connectivity index is 1.16. The fraction of sp³-hybridized carbons (Fsp3) is 0.514. The number of aromatic nitrogens is 1. The van der Waals surface area contributed by atoms with Gasteiger partial charge in [-0.1, -0.05) is 48.4 Å². The summed E-state index contributed by atoms with van der Waals surface area (Å²) in [4.78, 5) is 30.4.